The first kappa shape index (κ1) is 11.3. The maximum atomic E-state index is 5.14. The van der Waals surface area contributed by atoms with Gasteiger partial charge in [-0.25, -0.2) is 0 Å². The van der Waals surface area contributed by atoms with Gasteiger partial charge in [-0.3, -0.25) is 4.99 Å². The molecule has 0 aromatic heterocycles. The second kappa shape index (κ2) is 5.25. The summed E-state index contributed by atoms with van der Waals surface area (Å²) in [5, 5.41) is 1.11. The van der Waals surface area contributed by atoms with E-state index < -0.39 is 0 Å². The molecule has 1 aromatic rings. The molecule has 16 heavy (non-hydrogen) atoms. The molecule has 4 heteroatoms. The number of anilines is 1. The zero-order valence-corrected chi connectivity index (χ0v) is 10.5. The molecule has 0 bridgehead atoms. The smallest absolute Gasteiger partial charge is 0.163 e. The fraction of sp³-hybridized carbons (Fsp3) is 0.417. The lowest BCUT2D eigenvalue weighted by molar-refractivity contribution is 0.415. The second-order valence-electron chi connectivity index (χ2n) is 3.62. The highest BCUT2D eigenvalue weighted by molar-refractivity contribution is 8.14. The van der Waals surface area contributed by atoms with E-state index in [1.807, 2.05) is 23.9 Å². The quantitative estimate of drug-likeness (QED) is 0.789. The Morgan fingerprint density at radius 1 is 1.31 bits per heavy atom. The summed E-state index contributed by atoms with van der Waals surface area (Å²) in [6.45, 7) is 0.947. The molecule has 2 rings (SSSR count). The summed E-state index contributed by atoms with van der Waals surface area (Å²) in [5.41, 5.74) is 1.15. The van der Waals surface area contributed by atoms with Crippen LogP contribution in [0.15, 0.2) is 29.3 Å². The van der Waals surface area contributed by atoms with E-state index in [0.29, 0.717) is 0 Å². The van der Waals surface area contributed by atoms with E-state index in [0.717, 1.165) is 23.1 Å². The van der Waals surface area contributed by atoms with Gasteiger partial charge in [0.1, 0.15) is 5.75 Å². The molecule has 0 saturated heterocycles. The topological polar surface area (TPSA) is 24.8 Å². The SMILES string of the molecule is COc1ccc(N(C)C2=NCCCS2)cc1. The van der Waals surface area contributed by atoms with Crippen LogP contribution in [0.2, 0.25) is 0 Å². The first-order valence-corrected chi connectivity index (χ1v) is 6.35. The Morgan fingerprint density at radius 3 is 2.62 bits per heavy atom. The summed E-state index contributed by atoms with van der Waals surface area (Å²) in [7, 11) is 3.73. The van der Waals surface area contributed by atoms with Crippen LogP contribution in [0.4, 0.5) is 5.69 Å². The van der Waals surface area contributed by atoms with E-state index in [4.69, 9.17) is 4.74 Å². The molecule has 0 N–H and O–H groups in total. The third kappa shape index (κ3) is 2.50. The number of nitrogens with zero attached hydrogens (tertiary/aromatic N) is 2. The standard InChI is InChI=1S/C12H16N2OS/c1-14(12-13-8-3-9-16-12)10-4-6-11(15-2)7-5-10/h4-7H,3,8-9H2,1-2H3. The lowest BCUT2D eigenvalue weighted by Crippen LogP contribution is -2.26. The Labute approximate surface area is 101 Å². The Balaban J connectivity index is 2.13. The van der Waals surface area contributed by atoms with Gasteiger partial charge in [-0.2, -0.15) is 0 Å². The number of methoxy groups -OCH3 is 1. The van der Waals surface area contributed by atoms with E-state index in [1.54, 1.807) is 7.11 Å². The number of ether oxygens (including phenoxy) is 1. The van der Waals surface area contributed by atoms with Crippen molar-refractivity contribution in [1.82, 2.24) is 0 Å². The Kier molecular flexibility index (Phi) is 3.72. The van der Waals surface area contributed by atoms with Crippen molar-refractivity contribution in [2.45, 2.75) is 6.42 Å². The minimum Gasteiger partial charge on any atom is -0.497 e. The zero-order chi connectivity index (χ0) is 11.4. The number of aliphatic imine (C=N–C) groups is 1. The van der Waals surface area contributed by atoms with Gasteiger partial charge < -0.3 is 9.64 Å². The van der Waals surface area contributed by atoms with E-state index in [1.165, 1.54) is 12.2 Å². The number of amidine groups is 1. The predicted molar refractivity (Wildman–Crippen MR) is 70.8 cm³/mol. The second-order valence-corrected chi connectivity index (χ2v) is 4.69. The van der Waals surface area contributed by atoms with Gasteiger partial charge in [-0.15, -0.1) is 0 Å². The highest BCUT2D eigenvalue weighted by Gasteiger charge is 2.12. The van der Waals surface area contributed by atoms with Crippen LogP contribution in [0.5, 0.6) is 5.75 Å². The molecule has 1 aliphatic rings. The molecular weight excluding hydrogens is 220 g/mol. The van der Waals surface area contributed by atoms with E-state index >= 15 is 0 Å². The minimum atomic E-state index is 0.885. The van der Waals surface area contributed by atoms with E-state index in [-0.39, 0.29) is 0 Å². The summed E-state index contributed by atoms with van der Waals surface area (Å²) in [4.78, 5) is 6.65. The summed E-state index contributed by atoms with van der Waals surface area (Å²) in [6, 6.07) is 8.05. The minimum absolute atomic E-state index is 0.885. The summed E-state index contributed by atoms with van der Waals surface area (Å²) >= 11 is 1.82. The van der Waals surface area contributed by atoms with Crippen LogP contribution < -0.4 is 9.64 Å². The Morgan fingerprint density at radius 2 is 2.06 bits per heavy atom. The highest BCUT2D eigenvalue weighted by Crippen LogP contribution is 2.23. The van der Waals surface area contributed by atoms with Crippen molar-refractivity contribution in [2.75, 3.05) is 31.4 Å². The lowest BCUT2D eigenvalue weighted by Gasteiger charge is -2.23. The summed E-state index contributed by atoms with van der Waals surface area (Å²) in [5.74, 6) is 2.05. The molecule has 1 aliphatic heterocycles. The van der Waals surface area contributed by atoms with Crippen LogP contribution in [0.1, 0.15) is 6.42 Å². The van der Waals surface area contributed by atoms with Crippen molar-refractivity contribution >= 4 is 22.6 Å². The molecule has 1 aromatic carbocycles. The van der Waals surface area contributed by atoms with Gasteiger partial charge in [0.05, 0.1) is 7.11 Å². The molecule has 86 valence electrons. The molecular formula is C12H16N2OS. The monoisotopic (exact) mass is 236 g/mol. The predicted octanol–water partition coefficient (Wildman–Crippen LogP) is 2.62. The number of hydrogen-bond donors (Lipinski definition) is 0. The number of benzene rings is 1. The summed E-state index contributed by atoms with van der Waals surface area (Å²) in [6.07, 6.45) is 1.19. The zero-order valence-electron chi connectivity index (χ0n) is 9.64. The molecule has 0 amide bonds. The molecule has 1 heterocycles. The Hall–Kier alpha value is -1.16. The molecule has 0 unspecified atom stereocenters. The third-order valence-electron chi connectivity index (χ3n) is 2.53. The third-order valence-corrected chi connectivity index (χ3v) is 3.68. The maximum absolute atomic E-state index is 5.14. The molecule has 0 fully saturated rings. The molecule has 3 nitrogen and oxygen atoms in total. The van der Waals surface area contributed by atoms with Gasteiger partial charge in [0.15, 0.2) is 5.17 Å². The van der Waals surface area contributed by atoms with Crippen LogP contribution in [-0.2, 0) is 0 Å². The largest absolute Gasteiger partial charge is 0.497 e. The van der Waals surface area contributed by atoms with Gasteiger partial charge >= 0.3 is 0 Å². The number of rotatable bonds is 2. The van der Waals surface area contributed by atoms with Crippen molar-refractivity contribution in [3.63, 3.8) is 0 Å². The van der Waals surface area contributed by atoms with Crippen molar-refractivity contribution in [3.05, 3.63) is 24.3 Å². The fourth-order valence-corrected chi connectivity index (χ4v) is 2.51. The molecule has 0 saturated carbocycles. The molecule has 0 radical (unpaired) electrons. The van der Waals surface area contributed by atoms with E-state index in [9.17, 15) is 0 Å². The Bertz CT molecular complexity index is 375. The van der Waals surface area contributed by atoms with Gasteiger partial charge in [0.2, 0.25) is 0 Å². The van der Waals surface area contributed by atoms with Gasteiger partial charge in [0, 0.05) is 25.0 Å². The molecule has 0 aliphatic carbocycles. The van der Waals surface area contributed by atoms with Crippen LogP contribution in [0, 0.1) is 0 Å². The van der Waals surface area contributed by atoms with Crippen molar-refractivity contribution in [1.29, 1.82) is 0 Å². The van der Waals surface area contributed by atoms with Crippen molar-refractivity contribution in [3.8, 4) is 5.75 Å². The first-order valence-electron chi connectivity index (χ1n) is 5.36. The van der Waals surface area contributed by atoms with Crippen molar-refractivity contribution < 1.29 is 4.74 Å². The van der Waals surface area contributed by atoms with Crippen LogP contribution in [0.25, 0.3) is 0 Å². The normalized spacial score (nSPS) is 15.5. The van der Waals surface area contributed by atoms with Crippen LogP contribution >= 0.6 is 11.8 Å². The molecule has 0 atom stereocenters. The van der Waals surface area contributed by atoms with Crippen LogP contribution in [-0.4, -0.2) is 31.6 Å². The highest BCUT2D eigenvalue weighted by atomic mass is 32.2. The van der Waals surface area contributed by atoms with Gasteiger partial charge in [0.25, 0.3) is 0 Å². The van der Waals surface area contributed by atoms with Gasteiger partial charge in [-0.1, -0.05) is 11.8 Å². The first-order chi connectivity index (χ1) is 7.81. The average molecular weight is 236 g/mol. The lowest BCUT2D eigenvalue weighted by atomic mass is 10.3. The fourth-order valence-electron chi connectivity index (χ4n) is 1.57. The number of thioether (sulfide) groups is 1. The maximum Gasteiger partial charge on any atom is 0.163 e. The van der Waals surface area contributed by atoms with Crippen molar-refractivity contribution in [2.24, 2.45) is 4.99 Å². The molecule has 0 spiro atoms. The average Bonchev–Trinajstić information content (AvgIpc) is 2.39. The summed E-state index contributed by atoms with van der Waals surface area (Å²) < 4.78 is 5.14. The van der Waals surface area contributed by atoms with Gasteiger partial charge in [-0.05, 0) is 30.7 Å². The van der Waals surface area contributed by atoms with E-state index in [2.05, 4.69) is 29.1 Å². The van der Waals surface area contributed by atoms with Crippen LogP contribution in [0.3, 0.4) is 0 Å². The number of hydrogen-bond acceptors (Lipinski definition) is 4.